The molecule has 22 heavy (non-hydrogen) atoms. The average Bonchev–Trinajstić information content (AvgIpc) is 2.82. The first-order chi connectivity index (χ1) is 10.5. The predicted octanol–water partition coefficient (Wildman–Crippen LogP) is 2.79. The lowest BCUT2D eigenvalue weighted by Crippen LogP contribution is -2.52. The zero-order valence-electron chi connectivity index (χ0n) is 13.7. The Morgan fingerprint density at radius 2 is 1.86 bits per heavy atom. The van der Waals surface area contributed by atoms with Crippen LogP contribution in [0.3, 0.4) is 0 Å². The molecule has 3 N–H and O–H groups in total. The lowest BCUT2D eigenvalue weighted by Gasteiger charge is -2.57. The highest BCUT2D eigenvalue weighted by atomic mass is 16.3. The van der Waals surface area contributed by atoms with Crippen LogP contribution >= 0.6 is 0 Å². The summed E-state index contributed by atoms with van der Waals surface area (Å²) >= 11 is 0. The molecule has 3 saturated carbocycles. The molecule has 3 heteroatoms. The number of hydrogen-bond acceptors (Lipinski definition) is 3. The average molecular weight is 306 g/mol. The number of rotatable bonds is 1. The van der Waals surface area contributed by atoms with E-state index < -0.39 is 0 Å². The largest absolute Gasteiger partial charge is 0.396 e. The number of allylic oxidation sites excluding steroid dienone is 1. The summed E-state index contributed by atoms with van der Waals surface area (Å²) in [5.41, 5.74) is 3.14. The Bertz CT molecular complexity index is 499. The fourth-order valence-electron chi connectivity index (χ4n) is 6.55. The minimum absolute atomic E-state index is 0.00347. The van der Waals surface area contributed by atoms with Gasteiger partial charge >= 0.3 is 0 Å². The number of hydrogen-bond donors (Lipinski definition) is 3. The van der Waals surface area contributed by atoms with Crippen LogP contribution in [0.5, 0.6) is 0 Å². The Hall–Kier alpha value is -0.380. The van der Waals surface area contributed by atoms with Crippen LogP contribution in [0.1, 0.15) is 64.7 Å². The van der Waals surface area contributed by atoms with Gasteiger partial charge in [-0.05, 0) is 69.6 Å². The highest BCUT2D eigenvalue weighted by Gasteiger charge is 2.56. The molecule has 6 atom stereocenters. The number of aliphatic hydroxyl groups is 3. The van der Waals surface area contributed by atoms with Crippen molar-refractivity contribution in [1.82, 2.24) is 0 Å². The lowest BCUT2D eigenvalue weighted by molar-refractivity contribution is -0.0818. The molecule has 0 amide bonds. The normalized spacial score (nSPS) is 51.3. The molecule has 3 fully saturated rings. The van der Waals surface area contributed by atoms with Crippen molar-refractivity contribution < 1.29 is 15.3 Å². The van der Waals surface area contributed by atoms with E-state index in [-0.39, 0.29) is 29.6 Å². The molecule has 124 valence electrons. The summed E-state index contributed by atoms with van der Waals surface area (Å²) in [6, 6.07) is 0. The van der Waals surface area contributed by atoms with Crippen LogP contribution < -0.4 is 0 Å². The summed E-state index contributed by atoms with van der Waals surface area (Å²) in [4.78, 5) is 0. The monoisotopic (exact) mass is 306 g/mol. The smallest absolute Gasteiger partial charge is 0.0634 e. The van der Waals surface area contributed by atoms with Gasteiger partial charge in [0, 0.05) is 17.4 Å². The number of fused-ring (bicyclic) bond motifs is 4. The van der Waals surface area contributed by atoms with E-state index in [1.807, 2.05) is 0 Å². The van der Waals surface area contributed by atoms with Gasteiger partial charge in [-0.3, -0.25) is 0 Å². The van der Waals surface area contributed by atoms with Crippen LogP contribution in [0.15, 0.2) is 11.1 Å². The van der Waals surface area contributed by atoms with E-state index in [0.29, 0.717) is 11.8 Å². The Kier molecular flexibility index (Phi) is 3.49. The molecule has 0 spiro atoms. The van der Waals surface area contributed by atoms with E-state index in [1.165, 1.54) is 5.57 Å². The second kappa shape index (κ2) is 5.06. The Morgan fingerprint density at radius 3 is 2.64 bits per heavy atom. The standard InChI is InChI=1S/C19H30O3/c1-18-8-7-16-14(15(18)4-5-17(18)22)3-2-12-10-13(21)6-9-19(12,16)11-20/h12-13,16-17,20-22H,2-11H2,1H3/t12?,13?,16-,17?,18+,19-/m1/s1. The predicted molar refractivity (Wildman–Crippen MR) is 85.2 cm³/mol. The van der Waals surface area contributed by atoms with E-state index >= 15 is 0 Å². The van der Waals surface area contributed by atoms with Crippen molar-refractivity contribution >= 4 is 0 Å². The molecular formula is C19H30O3. The van der Waals surface area contributed by atoms with Gasteiger partial charge in [0.1, 0.15) is 0 Å². The van der Waals surface area contributed by atoms with Gasteiger partial charge in [-0.25, -0.2) is 0 Å². The molecule has 0 aliphatic heterocycles. The van der Waals surface area contributed by atoms with Gasteiger partial charge in [0.25, 0.3) is 0 Å². The highest BCUT2D eigenvalue weighted by Crippen LogP contribution is 2.63. The van der Waals surface area contributed by atoms with Crippen molar-refractivity contribution in [3.8, 4) is 0 Å². The zero-order chi connectivity index (χ0) is 15.5. The Morgan fingerprint density at radius 1 is 1.05 bits per heavy atom. The van der Waals surface area contributed by atoms with E-state index in [4.69, 9.17) is 0 Å². The minimum Gasteiger partial charge on any atom is -0.396 e. The van der Waals surface area contributed by atoms with Crippen molar-refractivity contribution in [3.05, 3.63) is 11.1 Å². The van der Waals surface area contributed by atoms with Crippen LogP contribution in [-0.2, 0) is 0 Å². The maximum atomic E-state index is 10.4. The summed E-state index contributed by atoms with van der Waals surface area (Å²) < 4.78 is 0. The molecule has 4 aliphatic rings. The molecule has 0 radical (unpaired) electrons. The summed E-state index contributed by atoms with van der Waals surface area (Å²) in [7, 11) is 0. The van der Waals surface area contributed by atoms with Gasteiger partial charge in [0.05, 0.1) is 12.2 Å². The fraction of sp³-hybridized carbons (Fsp3) is 0.895. The highest BCUT2D eigenvalue weighted by molar-refractivity contribution is 5.35. The first-order valence-electron chi connectivity index (χ1n) is 9.20. The molecule has 0 bridgehead atoms. The third kappa shape index (κ3) is 1.85. The van der Waals surface area contributed by atoms with Crippen LogP contribution in [0, 0.1) is 22.7 Å². The molecule has 0 aromatic carbocycles. The first-order valence-corrected chi connectivity index (χ1v) is 9.20. The second-order valence-corrected chi connectivity index (χ2v) is 8.62. The van der Waals surface area contributed by atoms with E-state index in [9.17, 15) is 15.3 Å². The Balaban J connectivity index is 1.75. The van der Waals surface area contributed by atoms with Gasteiger partial charge in [-0.15, -0.1) is 0 Å². The molecule has 0 aromatic rings. The van der Waals surface area contributed by atoms with Gasteiger partial charge in [-0.2, -0.15) is 0 Å². The lowest BCUT2D eigenvalue weighted by atomic mass is 9.49. The minimum atomic E-state index is -0.174. The van der Waals surface area contributed by atoms with Crippen molar-refractivity contribution in [2.75, 3.05) is 6.61 Å². The quantitative estimate of drug-likeness (QED) is 0.653. The molecule has 4 rings (SSSR count). The van der Waals surface area contributed by atoms with Crippen LogP contribution in [0.4, 0.5) is 0 Å². The van der Waals surface area contributed by atoms with E-state index in [1.54, 1.807) is 5.57 Å². The zero-order valence-corrected chi connectivity index (χ0v) is 13.7. The first kappa shape index (κ1) is 15.2. The third-order valence-electron chi connectivity index (χ3n) is 7.92. The van der Waals surface area contributed by atoms with Crippen LogP contribution in [-0.4, -0.2) is 34.1 Å². The topological polar surface area (TPSA) is 60.7 Å². The van der Waals surface area contributed by atoms with Gasteiger partial charge in [0.2, 0.25) is 0 Å². The summed E-state index contributed by atoms with van der Waals surface area (Å²) in [5, 5.41) is 30.8. The molecule has 4 aliphatic carbocycles. The fourth-order valence-corrected chi connectivity index (χ4v) is 6.55. The van der Waals surface area contributed by atoms with E-state index in [0.717, 1.165) is 57.8 Å². The van der Waals surface area contributed by atoms with Crippen molar-refractivity contribution in [3.63, 3.8) is 0 Å². The molecule has 3 nitrogen and oxygen atoms in total. The Labute approximate surface area is 133 Å². The van der Waals surface area contributed by atoms with Gasteiger partial charge < -0.3 is 15.3 Å². The maximum absolute atomic E-state index is 10.4. The second-order valence-electron chi connectivity index (χ2n) is 8.62. The molecular weight excluding hydrogens is 276 g/mol. The van der Waals surface area contributed by atoms with Crippen molar-refractivity contribution in [2.45, 2.75) is 76.9 Å². The molecule has 3 unspecified atom stereocenters. The number of aliphatic hydroxyl groups excluding tert-OH is 3. The van der Waals surface area contributed by atoms with Crippen molar-refractivity contribution in [2.24, 2.45) is 22.7 Å². The van der Waals surface area contributed by atoms with Crippen molar-refractivity contribution in [1.29, 1.82) is 0 Å². The summed E-state index contributed by atoms with van der Waals surface area (Å²) in [6.45, 7) is 2.52. The van der Waals surface area contributed by atoms with E-state index in [2.05, 4.69) is 6.92 Å². The third-order valence-corrected chi connectivity index (χ3v) is 7.92. The molecule has 0 aromatic heterocycles. The summed E-state index contributed by atoms with van der Waals surface area (Å²) in [6.07, 6.45) is 8.72. The van der Waals surface area contributed by atoms with Gasteiger partial charge in [-0.1, -0.05) is 18.1 Å². The SMILES string of the molecule is C[C@]12CC[C@@H]3C(=C1CCC2O)CCC1CC(O)CC[C@@]13CO. The molecule has 0 heterocycles. The maximum Gasteiger partial charge on any atom is 0.0634 e. The van der Waals surface area contributed by atoms with Crippen LogP contribution in [0.25, 0.3) is 0 Å². The summed E-state index contributed by atoms with van der Waals surface area (Å²) in [5.74, 6) is 0.975. The van der Waals surface area contributed by atoms with Gasteiger partial charge in [0.15, 0.2) is 0 Å². The molecule has 0 saturated heterocycles. The van der Waals surface area contributed by atoms with Crippen LogP contribution in [0.2, 0.25) is 0 Å².